The lowest BCUT2D eigenvalue weighted by molar-refractivity contribution is 0.519. The molecule has 0 aliphatic heterocycles. The third-order valence-electron chi connectivity index (χ3n) is 4.45. The van der Waals surface area contributed by atoms with Gasteiger partial charge in [0.15, 0.2) is 5.96 Å². The van der Waals surface area contributed by atoms with Crippen molar-refractivity contribution in [2.75, 3.05) is 21.1 Å². The first-order valence-electron chi connectivity index (χ1n) is 8.90. The topological polar surface area (TPSA) is 73.8 Å². The van der Waals surface area contributed by atoms with Crippen LogP contribution in [0.2, 0.25) is 0 Å². The van der Waals surface area contributed by atoms with Crippen molar-refractivity contribution in [2.45, 2.75) is 31.3 Å². The van der Waals surface area contributed by atoms with Crippen molar-refractivity contribution in [1.82, 2.24) is 14.9 Å². The van der Waals surface area contributed by atoms with E-state index in [1.807, 2.05) is 13.0 Å². The van der Waals surface area contributed by atoms with Crippen LogP contribution in [0.5, 0.6) is 0 Å². The first-order chi connectivity index (χ1) is 13.2. The summed E-state index contributed by atoms with van der Waals surface area (Å²) in [5, 5.41) is 6.32. The molecule has 0 saturated carbocycles. The summed E-state index contributed by atoms with van der Waals surface area (Å²) in [7, 11) is 1.08. The highest BCUT2D eigenvalue weighted by molar-refractivity contribution is 7.89. The van der Waals surface area contributed by atoms with Crippen LogP contribution in [-0.4, -0.2) is 39.8 Å². The van der Waals surface area contributed by atoms with Gasteiger partial charge in [-0.05, 0) is 42.7 Å². The van der Waals surface area contributed by atoms with Gasteiger partial charge in [0.25, 0.3) is 0 Å². The van der Waals surface area contributed by atoms with Crippen molar-refractivity contribution < 1.29 is 12.8 Å². The van der Waals surface area contributed by atoms with Crippen molar-refractivity contribution >= 4 is 16.0 Å². The molecule has 0 saturated heterocycles. The second kappa shape index (κ2) is 9.16. The molecule has 2 N–H and O–H groups in total. The fourth-order valence-corrected chi connectivity index (χ4v) is 3.75. The van der Waals surface area contributed by atoms with Crippen LogP contribution < -0.4 is 10.6 Å². The van der Waals surface area contributed by atoms with Crippen molar-refractivity contribution in [3.8, 4) is 0 Å². The molecule has 0 fully saturated rings. The van der Waals surface area contributed by atoms with E-state index in [9.17, 15) is 12.8 Å². The van der Waals surface area contributed by atoms with Crippen molar-refractivity contribution in [3.05, 3.63) is 65.0 Å². The number of hydrogen-bond acceptors (Lipinski definition) is 3. The molecule has 0 heterocycles. The molecular weight excluding hydrogens is 379 g/mol. The minimum Gasteiger partial charge on any atom is -0.352 e. The standard InChI is InChI=1S/C20H27FN4O2S/c1-14-10-11-16(12-18(14)21)15(2)24-20(22-3)23-13-17-8-6-7-9-19(17)28(26,27)25(4)5/h6-12,15H,13H2,1-5H3,(H2,22,23,24). The molecule has 1 unspecified atom stereocenters. The molecule has 28 heavy (non-hydrogen) atoms. The summed E-state index contributed by atoms with van der Waals surface area (Å²) < 4.78 is 40.0. The molecule has 6 nitrogen and oxygen atoms in total. The number of nitrogens with one attached hydrogen (secondary N) is 2. The van der Waals surface area contributed by atoms with Crippen molar-refractivity contribution in [2.24, 2.45) is 4.99 Å². The summed E-state index contributed by atoms with van der Waals surface area (Å²) in [5.74, 6) is 0.238. The van der Waals surface area contributed by atoms with Crippen molar-refractivity contribution in [1.29, 1.82) is 0 Å². The van der Waals surface area contributed by atoms with Crippen LogP contribution in [0.1, 0.15) is 29.7 Å². The molecule has 0 aliphatic rings. The van der Waals surface area contributed by atoms with E-state index in [-0.39, 0.29) is 23.3 Å². The summed E-state index contributed by atoms with van der Waals surface area (Å²) in [5.41, 5.74) is 2.02. The molecule has 0 aliphatic carbocycles. The number of benzene rings is 2. The molecule has 8 heteroatoms. The van der Waals surface area contributed by atoms with Crippen LogP contribution in [0.3, 0.4) is 0 Å². The summed E-state index contributed by atoms with van der Waals surface area (Å²) in [6.07, 6.45) is 0. The maximum absolute atomic E-state index is 13.8. The Labute approximate surface area is 166 Å². The molecule has 0 amide bonds. The number of halogens is 1. The Morgan fingerprint density at radius 3 is 2.50 bits per heavy atom. The van der Waals surface area contributed by atoms with E-state index < -0.39 is 10.0 Å². The van der Waals surface area contributed by atoms with Gasteiger partial charge in [0.05, 0.1) is 10.9 Å². The van der Waals surface area contributed by atoms with Gasteiger partial charge in [0, 0.05) is 27.7 Å². The van der Waals surface area contributed by atoms with Crippen LogP contribution >= 0.6 is 0 Å². The molecule has 2 rings (SSSR count). The minimum absolute atomic E-state index is 0.179. The molecule has 152 valence electrons. The molecule has 0 aromatic heterocycles. The van der Waals surface area contributed by atoms with E-state index in [1.54, 1.807) is 44.3 Å². The van der Waals surface area contributed by atoms with E-state index >= 15 is 0 Å². The molecular formula is C20H27FN4O2S. The van der Waals surface area contributed by atoms with E-state index in [0.717, 1.165) is 5.56 Å². The van der Waals surface area contributed by atoms with Crippen molar-refractivity contribution in [3.63, 3.8) is 0 Å². The molecule has 0 spiro atoms. The largest absolute Gasteiger partial charge is 0.352 e. The van der Waals surface area contributed by atoms with Crippen LogP contribution in [0, 0.1) is 12.7 Å². The number of aliphatic imine (C=N–C) groups is 1. The Morgan fingerprint density at radius 2 is 1.89 bits per heavy atom. The first-order valence-corrected chi connectivity index (χ1v) is 10.3. The summed E-state index contributed by atoms with van der Waals surface area (Å²) in [6.45, 7) is 3.90. The number of sulfonamides is 1. The van der Waals surface area contributed by atoms with E-state index in [1.165, 1.54) is 24.5 Å². The number of aryl methyl sites for hydroxylation is 1. The molecule has 0 radical (unpaired) electrons. The van der Waals surface area contributed by atoms with Crippen LogP contribution in [-0.2, 0) is 16.6 Å². The lowest BCUT2D eigenvalue weighted by Gasteiger charge is -2.20. The minimum atomic E-state index is -3.55. The monoisotopic (exact) mass is 406 g/mol. The Kier molecular flexibility index (Phi) is 7.15. The Morgan fingerprint density at radius 1 is 1.21 bits per heavy atom. The van der Waals surface area contributed by atoms with E-state index in [2.05, 4.69) is 15.6 Å². The summed E-state index contributed by atoms with van der Waals surface area (Å²) >= 11 is 0. The van der Waals surface area contributed by atoms with Gasteiger partial charge >= 0.3 is 0 Å². The van der Waals surface area contributed by atoms with Crippen LogP contribution in [0.4, 0.5) is 4.39 Å². The number of nitrogens with zero attached hydrogens (tertiary/aromatic N) is 2. The summed E-state index contributed by atoms with van der Waals surface area (Å²) in [6, 6.07) is 11.8. The zero-order valence-electron chi connectivity index (χ0n) is 16.8. The Balaban J connectivity index is 2.12. The van der Waals surface area contributed by atoms with Gasteiger partial charge in [-0.15, -0.1) is 0 Å². The lowest BCUT2D eigenvalue weighted by atomic mass is 10.1. The second-order valence-corrected chi connectivity index (χ2v) is 8.82. The zero-order chi connectivity index (χ0) is 20.9. The highest BCUT2D eigenvalue weighted by atomic mass is 32.2. The highest BCUT2D eigenvalue weighted by Crippen LogP contribution is 2.19. The number of rotatable bonds is 6. The predicted molar refractivity (Wildman–Crippen MR) is 110 cm³/mol. The first kappa shape index (κ1) is 21.8. The van der Waals surface area contributed by atoms with E-state index in [0.29, 0.717) is 17.1 Å². The summed E-state index contributed by atoms with van der Waals surface area (Å²) in [4.78, 5) is 4.42. The van der Waals surface area contributed by atoms with E-state index in [4.69, 9.17) is 0 Å². The van der Waals surface area contributed by atoms with Gasteiger partial charge in [-0.1, -0.05) is 30.3 Å². The SMILES string of the molecule is CN=C(NCc1ccccc1S(=O)(=O)N(C)C)NC(C)c1ccc(C)c(F)c1. The smallest absolute Gasteiger partial charge is 0.242 e. The van der Waals surface area contributed by atoms with Gasteiger partial charge in [-0.2, -0.15) is 0 Å². The van der Waals surface area contributed by atoms with Gasteiger partial charge in [0.2, 0.25) is 10.0 Å². The van der Waals surface area contributed by atoms with Gasteiger partial charge < -0.3 is 10.6 Å². The fourth-order valence-electron chi connectivity index (χ4n) is 2.64. The Bertz CT molecular complexity index is 958. The number of hydrogen-bond donors (Lipinski definition) is 2. The van der Waals surface area contributed by atoms with Crippen LogP contribution in [0.25, 0.3) is 0 Å². The second-order valence-electron chi connectivity index (χ2n) is 6.70. The average molecular weight is 407 g/mol. The average Bonchev–Trinajstić information content (AvgIpc) is 2.67. The zero-order valence-corrected chi connectivity index (χ0v) is 17.6. The predicted octanol–water partition coefficient (Wildman–Crippen LogP) is 2.81. The molecule has 2 aromatic carbocycles. The fraction of sp³-hybridized carbons (Fsp3) is 0.350. The highest BCUT2D eigenvalue weighted by Gasteiger charge is 2.20. The van der Waals surface area contributed by atoms with Gasteiger partial charge in [0.1, 0.15) is 5.82 Å². The maximum Gasteiger partial charge on any atom is 0.242 e. The molecule has 0 bridgehead atoms. The quantitative estimate of drug-likeness (QED) is 0.572. The maximum atomic E-state index is 13.8. The van der Waals surface area contributed by atoms with Gasteiger partial charge in [-0.25, -0.2) is 17.1 Å². The normalized spacial score (nSPS) is 13.5. The molecule has 2 aromatic rings. The van der Waals surface area contributed by atoms with Gasteiger partial charge in [-0.3, -0.25) is 4.99 Å². The third-order valence-corrected chi connectivity index (χ3v) is 6.37. The lowest BCUT2D eigenvalue weighted by Crippen LogP contribution is -2.38. The Hall–Kier alpha value is -2.45. The molecule has 1 atom stereocenters. The van der Waals surface area contributed by atoms with Crippen LogP contribution in [0.15, 0.2) is 52.4 Å². The number of guanidine groups is 1. The third kappa shape index (κ3) is 5.08.